The van der Waals surface area contributed by atoms with Crippen molar-refractivity contribution in [3.8, 4) is 17.0 Å². The lowest BCUT2D eigenvalue weighted by Crippen LogP contribution is -2.43. The van der Waals surface area contributed by atoms with Crippen LogP contribution in [0.15, 0.2) is 36.4 Å². The quantitative estimate of drug-likeness (QED) is 0.284. The summed E-state index contributed by atoms with van der Waals surface area (Å²) in [6, 6.07) is 10.7. The fourth-order valence-corrected chi connectivity index (χ4v) is 5.38. The summed E-state index contributed by atoms with van der Waals surface area (Å²) in [6.45, 7) is 17.4. The molecule has 2 aromatic heterocycles. The largest absolute Gasteiger partial charge is 0.543 e. The number of fused-ring (bicyclic) bond motifs is 1. The molecule has 1 N–H and O–H groups in total. The molecule has 0 bridgehead atoms. The van der Waals surface area contributed by atoms with Crippen molar-refractivity contribution in [3.05, 3.63) is 42.3 Å². The molecule has 0 unspecified atom stereocenters. The van der Waals surface area contributed by atoms with Gasteiger partial charge in [0.1, 0.15) is 17.2 Å². The standard InChI is InChI=1S/C29H40FN3O4Si/c1-28(2,3)36-27(35)33-23-13-11-21(37-38(7,8)29(4,5)6)16-19(23)17-24(33)22-12-14-25(31-26(22)30)32-15-9-10-20(34)18-32/h11-14,16-17,20,34H,9-10,15,18H2,1-8H3/t20-/m0/s1. The number of aliphatic hydroxyl groups is 1. The number of rotatable bonds is 4. The maximum Gasteiger partial charge on any atom is 0.419 e. The van der Waals surface area contributed by atoms with Gasteiger partial charge in [-0.1, -0.05) is 20.8 Å². The van der Waals surface area contributed by atoms with Crippen molar-refractivity contribution in [2.24, 2.45) is 0 Å². The minimum atomic E-state index is -2.09. The molecule has 38 heavy (non-hydrogen) atoms. The molecule has 1 saturated heterocycles. The Morgan fingerprint density at radius 1 is 1.11 bits per heavy atom. The number of piperidine rings is 1. The van der Waals surface area contributed by atoms with E-state index in [2.05, 4.69) is 38.8 Å². The van der Waals surface area contributed by atoms with Gasteiger partial charge in [-0.3, -0.25) is 0 Å². The predicted molar refractivity (Wildman–Crippen MR) is 152 cm³/mol. The van der Waals surface area contributed by atoms with Crippen LogP contribution >= 0.6 is 0 Å². The first-order valence-electron chi connectivity index (χ1n) is 13.2. The first kappa shape index (κ1) is 28.1. The van der Waals surface area contributed by atoms with Crippen LogP contribution in [0.25, 0.3) is 22.2 Å². The monoisotopic (exact) mass is 541 g/mol. The van der Waals surface area contributed by atoms with Gasteiger partial charge >= 0.3 is 6.09 Å². The smallest absolute Gasteiger partial charge is 0.419 e. The summed E-state index contributed by atoms with van der Waals surface area (Å²) in [6.07, 6.45) is 0.501. The summed E-state index contributed by atoms with van der Waals surface area (Å²) in [7, 11) is -2.09. The highest BCUT2D eigenvalue weighted by Gasteiger charge is 2.39. The van der Waals surface area contributed by atoms with Gasteiger partial charge in [0.15, 0.2) is 0 Å². The van der Waals surface area contributed by atoms with Gasteiger partial charge in [-0.05, 0) is 88.1 Å². The average molecular weight is 542 g/mol. The van der Waals surface area contributed by atoms with E-state index in [1.165, 1.54) is 4.57 Å². The topological polar surface area (TPSA) is 76.8 Å². The average Bonchev–Trinajstić information content (AvgIpc) is 3.15. The number of anilines is 1. The SMILES string of the molecule is CC(C)(C)OC(=O)n1c(-c2ccc(N3CCC[C@H](O)C3)nc2F)cc2cc(O[Si](C)(C)C(C)(C)C)ccc21. The highest BCUT2D eigenvalue weighted by atomic mass is 28.4. The molecule has 9 heteroatoms. The fourth-order valence-electron chi connectivity index (χ4n) is 4.36. The number of carbonyl (C=O) groups is 1. The highest BCUT2D eigenvalue weighted by Crippen LogP contribution is 2.39. The molecule has 1 atom stereocenters. The number of β-amino-alcohol motifs (C(OH)–C–C–N with tert-alkyl or cyclic N) is 1. The van der Waals surface area contributed by atoms with Crippen molar-refractivity contribution in [1.29, 1.82) is 0 Å². The Bertz CT molecular complexity index is 1340. The number of aliphatic hydroxyl groups excluding tert-OH is 1. The Kier molecular flexibility index (Phi) is 7.40. The van der Waals surface area contributed by atoms with Crippen LogP contribution in [0.5, 0.6) is 5.75 Å². The normalized spacial score (nSPS) is 17.1. The molecule has 0 saturated carbocycles. The molecule has 1 aliphatic rings. The summed E-state index contributed by atoms with van der Waals surface area (Å²) >= 11 is 0. The summed E-state index contributed by atoms with van der Waals surface area (Å²) < 4.78 is 29.1. The van der Waals surface area contributed by atoms with Gasteiger partial charge in [0, 0.05) is 18.5 Å². The molecule has 206 valence electrons. The van der Waals surface area contributed by atoms with E-state index in [0.717, 1.165) is 24.0 Å². The number of hydrogen-bond donors (Lipinski definition) is 1. The Morgan fingerprint density at radius 2 is 1.82 bits per heavy atom. The number of hydrogen-bond acceptors (Lipinski definition) is 6. The summed E-state index contributed by atoms with van der Waals surface area (Å²) in [5.74, 6) is 0.498. The van der Waals surface area contributed by atoms with Crippen molar-refractivity contribution in [2.75, 3.05) is 18.0 Å². The van der Waals surface area contributed by atoms with Crippen LogP contribution in [0.3, 0.4) is 0 Å². The Balaban J connectivity index is 1.79. The number of halogens is 1. The molecular formula is C29H40FN3O4Si. The maximum atomic E-state index is 15.5. The van der Waals surface area contributed by atoms with Crippen LogP contribution < -0.4 is 9.33 Å². The highest BCUT2D eigenvalue weighted by molar-refractivity contribution is 6.74. The van der Waals surface area contributed by atoms with E-state index in [-0.39, 0.29) is 10.6 Å². The second-order valence-corrected chi connectivity index (χ2v) is 17.4. The third-order valence-electron chi connectivity index (χ3n) is 7.36. The van der Waals surface area contributed by atoms with E-state index >= 15 is 4.39 Å². The Morgan fingerprint density at radius 3 is 2.42 bits per heavy atom. The van der Waals surface area contributed by atoms with Crippen molar-refractivity contribution in [1.82, 2.24) is 9.55 Å². The predicted octanol–water partition coefficient (Wildman–Crippen LogP) is 6.97. The van der Waals surface area contributed by atoms with Crippen molar-refractivity contribution < 1.29 is 23.5 Å². The van der Waals surface area contributed by atoms with E-state index < -0.39 is 32.1 Å². The third kappa shape index (κ3) is 5.88. The second-order valence-electron chi connectivity index (χ2n) is 12.7. The molecule has 1 aliphatic heterocycles. The molecule has 3 aromatic rings. The number of carbonyl (C=O) groups excluding carboxylic acids is 1. The van der Waals surface area contributed by atoms with Gasteiger partial charge in [0.2, 0.25) is 14.3 Å². The minimum Gasteiger partial charge on any atom is -0.543 e. The zero-order valence-corrected chi connectivity index (χ0v) is 24.8. The summed E-state index contributed by atoms with van der Waals surface area (Å²) in [5, 5.41) is 10.8. The Labute approximate surface area is 225 Å². The lowest BCUT2D eigenvalue weighted by molar-refractivity contribution is 0.0547. The zero-order chi connectivity index (χ0) is 28.0. The third-order valence-corrected chi connectivity index (χ3v) is 11.7. The molecule has 4 rings (SSSR count). The molecule has 0 radical (unpaired) electrons. The first-order chi connectivity index (χ1) is 17.6. The van der Waals surface area contributed by atoms with Crippen LogP contribution in [0.2, 0.25) is 18.1 Å². The van der Waals surface area contributed by atoms with Gasteiger partial charge in [-0.25, -0.2) is 14.3 Å². The molecular weight excluding hydrogens is 501 g/mol. The fraction of sp³-hybridized carbons (Fsp3) is 0.517. The molecule has 1 fully saturated rings. The molecule has 1 aromatic carbocycles. The number of ether oxygens (including phenoxy) is 1. The van der Waals surface area contributed by atoms with Gasteiger partial charge < -0.3 is 19.2 Å². The van der Waals surface area contributed by atoms with Gasteiger partial charge in [-0.2, -0.15) is 4.39 Å². The molecule has 7 nitrogen and oxygen atoms in total. The van der Waals surface area contributed by atoms with Gasteiger partial charge in [-0.15, -0.1) is 0 Å². The molecule has 0 spiro atoms. The Hall–Kier alpha value is -2.91. The van der Waals surface area contributed by atoms with Crippen molar-refractivity contribution in [2.45, 2.75) is 84.2 Å². The van der Waals surface area contributed by atoms with E-state index in [1.54, 1.807) is 39.0 Å². The van der Waals surface area contributed by atoms with Crippen LogP contribution in [0.1, 0.15) is 54.4 Å². The van der Waals surface area contributed by atoms with Crippen LogP contribution in [-0.4, -0.2) is 53.9 Å². The maximum absolute atomic E-state index is 15.5. The number of nitrogens with zero attached hydrogens (tertiary/aromatic N) is 3. The summed E-state index contributed by atoms with van der Waals surface area (Å²) in [5.41, 5.74) is 0.417. The number of benzene rings is 1. The molecule has 3 heterocycles. The minimum absolute atomic E-state index is 0.0243. The van der Waals surface area contributed by atoms with E-state index in [4.69, 9.17) is 9.16 Å². The van der Waals surface area contributed by atoms with Gasteiger partial charge in [0.05, 0.1) is 22.9 Å². The van der Waals surface area contributed by atoms with E-state index in [9.17, 15) is 9.90 Å². The molecule has 0 aliphatic carbocycles. The molecule has 0 amide bonds. The second kappa shape index (κ2) is 10.0. The van der Waals surface area contributed by atoms with Crippen LogP contribution in [-0.2, 0) is 4.74 Å². The number of aromatic nitrogens is 2. The number of pyridine rings is 1. The van der Waals surface area contributed by atoms with Crippen molar-refractivity contribution >= 4 is 31.1 Å². The first-order valence-corrected chi connectivity index (χ1v) is 16.1. The zero-order valence-electron chi connectivity index (χ0n) is 23.8. The van der Waals surface area contributed by atoms with Crippen molar-refractivity contribution in [3.63, 3.8) is 0 Å². The lowest BCUT2D eigenvalue weighted by atomic mass is 10.1. The summed E-state index contributed by atoms with van der Waals surface area (Å²) in [4.78, 5) is 19.5. The van der Waals surface area contributed by atoms with Gasteiger partial charge in [0.25, 0.3) is 0 Å². The lowest BCUT2D eigenvalue weighted by Gasteiger charge is -2.36. The van der Waals surface area contributed by atoms with Crippen LogP contribution in [0.4, 0.5) is 15.0 Å². The van der Waals surface area contributed by atoms with Crippen LogP contribution in [0, 0.1) is 5.95 Å². The van der Waals surface area contributed by atoms with E-state index in [1.807, 2.05) is 23.1 Å². The van der Waals surface area contributed by atoms with E-state index in [0.29, 0.717) is 30.1 Å².